The molecule has 0 bridgehead atoms. The number of hydrogen-bond acceptors (Lipinski definition) is 4. The van der Waals surface area contributed by atoms with E-state index in [0.717, 1.165) is 35.5 Å². The Bertz CT molecular complexity index is 550. The predicted molar refractivity (Wildman–Crippen MR) is 74.1 cm³/mol. The Morgan fingerprint density at radius 1 is 1.37 bits per heavy atom. The van der Waals surface area contributed by atoms with E-state index in [-0.39, 0.29) is 6.04 Å². The van der Waals surface area contributed by atoms with Crippen LogP contribution in [-0.4, -0.2) is 21.9 Å². The average molecular weight is 260 g/mol. The number of hydrogen-bond donors (Lipinski definition) is 1. The predicted octanol–water partition coefficient (Wildman–Crippen LogP) is 2.05. The molecule has 0 aliphatic heterocycles. The summed E-state index contributed by atoms with van der Waals surface area (Å²) >= 11 is 0. The zero-order valence-corrected chi connectivity index (χ0v) is 11.6. The summed E-state index contributed by atoms with van der Waals surface area (Å²) in [6, 6.07) is 1.76. The van der Waals surface area contributed by atoms with Gasteiger partial charge in [0, 0.05) is 18.9 Å². The smallest absolute Gasteiger partial charge is 0.161 e. The molecule has 2 rings (SSSR count). The first-order valence-electron chi connectivity index (χ1n) is 6.44. The van der Waals surface area contributed by atoms with E-state index in [9.17, 15) is 0 Å². The van der Waals surface area contributed by atoms with Crippen molar-refractivity contribution in [1.29, 1.82) is 0 Å². The standard InChI is InChI=1S/C14H20N4O/c1-4-5-18-14(12(19-3)9-17-18)13(15)11-6-10(2)7-16-8-11/h6-9,13H,4-5,15H2,1-3H3. The van der Waals surface area contributed by atoms with Crippen molar-refractivity contribution in [3.05, 3.63) is 41.5 Å². The van der Waals surface area contributed by atoms with Gasteiger partial charge in [-0.3, -0.25) is 9.67 Å². The van der Waals surface area contributed by atoms with Crippen molar-refractivity contribution in [3.63, 3.8) is 0 Å². The van der Waals surface area contributed by atoms with E-state index in [1.165, 1.54) is 0 Å². The van der Waals surface area contributed by atoms with Crippen molar-refractivity contribution in [2.75, 3.05) is 7.11 Å². The fraction of sp³-hybridized carbons (Fsp3) is 0.429. The van der Waals surface area contributed by atoms with Crippen LogP contribution >= 0.6 is 0 Å². The summed E-state index contributed by atoms with van der Waals surface area (Å²) < 4.78 is 7.27. The topological polar surface area (TPSA) is 66.0 Å². The summed E-state index contributed by atoms with van der Waals surface area (Å²) in [5.74, 6) is 0.724. The number of pyridine rings is 1. The van der Waals surface area contributed by atoms with E-state index in [1.807, 2.05) is 23.9 Å². The molecular weight excluding hydrogens is 240 g/mol. The molecule has 2 N–H and O–H groups in total. The van der Waals surface area contributed by atoms with Crippen molar-refractivity contribution in [3.8, 4) is 5.75 Å². The second kappa shape index (κ2) is 5.84. The normalized spacial score (nSPS) is 12.4. The molecule has 0 saturated carbocycles. The van der Waals surface area contributed by atoms with Crippen LogP contribution < -0.4 is 10.5 Å². The van der Waals surface area contributed by atoms with Gasteiger partial charge in [-0.1, -0.05) is 13.0 Å². The van der Waals surface area contributed by atoms with Gasteiger partial charge in [-0.15, -0.1) is 0 Å². The van der Waals surface area contributed by atoms with E-state index in [2.05, 4.69) is 17.0 Å². The molecule has 1 unspecified atom stereocenters. The zero-order chi connectivity index (χ0) is 13.8. The summed E-state index contributed by atoms with van der Waals surface area (Å²) in [6.45, 7) is 4.94. The summed E-state index contributed by atoms with van der Waals surface area (Å²) in [7, 11) is 1.64. The molecular formula is C14H20N4O. The quantitative estimate of drug-likeness (QED) is 0.893. The minimum atomic E-state index is -0.281. The molecule has 2 aromatic heterocycles. The number of rotatable bonds is 5. The van der Waals surface area contributed by atoms with Crippen molar-refractivity contribution in [2.24, 2.45) is 5.73 Å². The molecule has 19 heavy (non-hydrogen) atoms. The highest BCUT2D eigenvalue weighted by Crippen LogP contribution is 2.28. The molecule has 0 aromatic carbocycles. The average Bonchev–Trinajstić information content (AvgIpc) is 2.81. The van der Waals surface area contributed by atoms with Crippen LogP contribution in [0.3, 0.4) is 0 Å². The molecule has 0 fully saturated rings. The fourth-order valence-electron chi connectivity index (χ4n) is 2.15. The molecule has 2 aromatic rings. The first-order chi connectivity index (χ1) is 9.17. The second-order valence-electron chi connectivity index (χ2n) is 4.59. The summed E-state index contributed by atoms with van der Waals surface area (Å²) in [5.41, 5.74) is 9.32. The summed E-state index contributed by atoms with van der Waals surface area (Å²) in [4.78, 5) is 4.20. The number of nitrogens with two attached hydrogens (primary N) is 1. The van der Waals surface area contributed by atoms with E-state index >= 15 is 0 Å². The lowest BCUT2D eigenvalue weighted by Crippen LogP contribution is -2.18. The Balaban J connectivity index is 2.41. The van der Waals surface area contributed by atoms with Gasteiger partial charge in [0.15, 0.2) is 5.75 Å². The van der Waals surface area contributed by atoms with Crippen LogP contribution in [0.5, 0.6) is 5.75 Å². The Labute approximate surface area is 113 Å². The lowest BCUT2D eigenvalue weighted by Gasteiger charge is -2.16. The number of methoxy groups -OCH3 is 1. The van der Waals surface area contributed by atoms with Crippen molar-refractivity contribution < 1.29 is 4.74 Å². The van der Waals surface area contributed by atoms with Crippen molar-refractivity contribution >= 4 is 0 Å². The number of aryl methyl sites for hydroxylation is 2. The van der Waals surface area contributed by atoms with Gasteiger partial charge in [0.05, 0.1) is 19.3 Å². The van der Waals surface area contributed by atoms with Crippen molar-refractivity contribution in [2.45, 2.75) is 32.9 Å². The van der Waals surface area contributed by atoms with E-state index in [0.29, 0.717) is 0 Å². The maximum Gasteiger partial charge on any atom is 0.161 e. The van der Waals surface area contributed by atoms with Gasteiger partial charge < -0.3 is 10.5 Å². The highest BCUT2D eigenvalue weighted by Gasteiger charge is 2.20. The molecule has 0 aliphatic rings. The van der Waals surface area contributed by atoms with Gasteiger partial charge in [0.1, 0.15) is 5.69 Å². The summed E-state index contributed by atoms with van der Waals surface area (Å²) in [5, 5.41) is 4.34. The van der Waals surface area contributed by atoms with Crippen LogP contribution in [0.1, 0.15) is 36.2 Å². The molecule has 0 spiro atoms. The second-order valence-corrected chi connectivity index (χ2v) is 4.59. The molecule has 0 aliphatic carbocycles. The Morgan fingerprint density at radius 2 is 2.16 bits per heavy atom. The van der Waals surface area contributed by atoms with Crippen LogP contribution in [0.15, 0.2) is 24.7 Å². The molecule has 102 valence electrons. The zero-order valence-electron chi connectivity index (χ0n) is 11.6. The van der Waals surface area contributed by atoms with Gasteiger partial charge in [0.2, 0.25) is 0 Å². The monoisotopic (exact) mass is 260 g/mol. The minimum Gasteiger partial charge on any atom is -0.493 e. The molecule has 0 saturated heterocycles. The third-order valence-electron chi connectivity index (χ3n) is 3.05. The van der Waals surface area contributed by atoms with E-state index in [4.69, 9.17) is 10.5 Å². The Morgan fingerprint density at radius 3 is 2.79 bits per heavy atom. The third kappa shape index (κ3) is 2.76. The number of nitrogens with zero attached hydrogens (tertiary/aromatic N) is 3. The van der Waals surface area contributed by atoms with Gasteiger partial charge in [0.25, 0.3) is 0 Å². The SMILES string of the molecule is CCCn1ncc(OC)c1C(N)c1cncc(C)c1. The summed E-state index contributed by atoms with van der Waals surface area (Å²) in [6.07, 6.45) is 6.32. The van der Waals surface area contributed by atoms with E-state index < -0.39 is 0 Å². The van der Waals surface area contributed by atoms with Gasteiger partial charge in [-0.25, -0.2) is 0 Å². The molecule has 1 atom stereocenters. The fourth-order valence-corrected chi connectivity index (χ4v) is 2.15. The van der Waals surface area contributed by atoms with Crippen LogP contribution in [0, 0.1) is 6.92 Å². The molecule has 5 nitrogen and oxygen atoms in total. The number of ether oxygens (including phenoxy) is 1. The van der Waals surface area contributed by atoms with Crippen molar-refractivity contribution in [1.82, 2.24) is 14.8 Å². The van der Waals surface area contributed by atoms with E-state index in [1.54, 1.807) is 19.5 Å². The molecule has 0 amide bonds. The van der Waals surface area contributed by atoms with Gasteiger partial charge in [-0.05, 0) is 24.5 Å². The lowest BCUT2D eigenvalue weighted by atomic mass is 10.0. The number of aromatic nitrogens is 3. The highest BCUT2D eigenvalue weighted by atomic mass is 16.5. The van der Waals surface area contributed by atoms with Crippen LogP contribution in [0.25, 0.3) is 0 Å². The molecule has 2 heterocycles. The van der Waals surface area contributed by atoms with Crippen LogP contribution in [0.4, 0.5) is 0 Å². The maximum absolute atomic E-state index is 6.36. The highest BCUT2D eigenvalue weighted by molar-refractivity contribution is 5.36. The Kier molecular flexibility index (Phi) is 4.16. The van der Waals surface area contributed by atoms with Gasteiger partial charge in [-0.2, -0.15) is 5.10 Å². The first-order valence-corrected chi connectivity index (χ1v) is 6.44. The molecule has 0 radical (unpaired) electrons. The Hall–Kier alpha value is -1.88. The first kappa shape index (κ1) is 13.5. The van der Waals surface area contributed by atoms with Gasteiger partial charge >= 0.3 is 0 Å². The van der Waals surface area contributed by atoms with Crippen LogP contribution in [0.2, 0.25) is 0 Å². The third-order valence-corrected chi connectivity index (χ3v) is 3.05. The van der Waals surface area contributed by atoms with Crippen LogP contribution in [-0.2, 0) is 6.54 Å². The largest absolute Gasteiger partial charge is 0.493 e. The lowest BCUT2D eigenvalue weighted by molar-refractivity contribution is 0.404. The maximum atomic E-state index is 6.36. The molecule has 5 heteroatoms. The minimum absolute atomic E-state index is 0.281.